The van der Waals surface area contributed by atoms with Crippen molar-refractivity contribution in [2.75, 3.05) is 0 Å². The third-order valence-electron chi connectivity index (χ3n) is 2.57. The van der Waals surface area contributed by atoms with Gasteiger partial charge in [0.2, 0.25) is 0 Å². The molecule has 1 aromatic carbocycles. The Bertz CT molecular complexity index is 607. The number of alkyl halides is 3. The molecular weight excluding hydrogens is 294 g/mol. The van der Waals surface area contributed by atoms with E-state index in [1.807, 2.05) is 10.8 Å². The maximum Gasteiger partial charge on any atom is 0.419 e. The van der Waals surface area contributed by atoms with Crippen LogP contribution in [0.15, 0.2) is 35.0 Å². The van der Waals surface area contributed by atoms with Gasteiger partial charge in [-0.05, 0) is 40.6 Å². The van der Waals surface area contributed by atoms with Crippen molar-refractivity contribution in [2.45, 2.75) is 12.7 Å². The lowest BCUT2D eigenvalue weighted by Gasteiger charge is -2.10. The summed E-state index contributed by atoms with van der Waals surface area (Å²) in [6, 6.07) is 3.96. The molecule has 20 heavy (non-hydrogen) atoms. The molecule has 0 unspecified atom stereocenters. The van der Waals surface area contributed by atoms with Crippen molar-refractivity contribution in [3.05, 3.63) is 57.5 Å². The van der Waals surface area contributed by atoms with Crippen molar-refractivity contribution in [1.82, 2.24) is 5.32 Å². The van der Waals surface area contributed by atoms with Crippen LogP contribution in [0, 0.1) is 5.82 Å². The van der Waals surface area contributed by atoms with Crippen molar-refractivity contribution in [1.29, 1.82) is 0 Å². The van der Waals surface area contributed by atoms with Gasteiger partial charge in [-0.2, -0.15) is 24.5 Å². The molecule has 1 aromatic heterocycles. The number of thiophene rings is 1. The highest BCUT2D eigenvalue weighted by atomic mass is 32.1. The van der Waals surface area contributed by atoms with E-state index in [-0.39, 0.29) is 12.1 Å². The smallest absolute Gasteiger partial charge is 0.348 e. The van der Waals surface area contributed by atoms with Gasteiger partial charge in [0.25, 0.3) is 5.91 Å². The number of benzene rings is 1. The van der Waals surface area contributed by atoms with Crippen molar-refractivity contribution in [2.24, 2.45) is 0 Å². The summed E-state index contributed by atoms with van der Waals surface area (Å²) in [6.07, 6.45) is -4.83. The van der Waals surface area contributed by atoms with Crippen LogP contribution < -0.4 is 5.32 Å². The first kappa shape index (κ1) is 14.5. The molecule has 0 radical (unpaired) electrons. The Hall–Kier alpha value is -1.89. The zero-order chi connectivity index (χ0) is 14.8. The molecule has 0 aliphatic rings. The molecule has 2 nitrogen and oxygen atoms in total. The maximum absolute atomic E-state index is 13.1. The first-order chi connectivity index (χ1) is 9.38. The van der Waals surface area contributed by atoms with Crippen LogP contribution in [0.4, 0.5) is 17.6 Å². The van der Waals surface area contributed by atoms with E-state index in [1.54, 1.807) is 6.07 Å². The van der Waals surface area contributed by atoms with E-state index in [2.05, 4.69) is 5.32 Å². The highest BCUT2D eigenvalue weighted by Gasteiger charge is 2.34. The van der Waals surface area contributed by atoms with Gasteiger partial charge in [-0.15, -0.1) is 0 Å². The van der Waals surface area contributed by atoms with E-state index in [0.717, 1.165) is 11.6 Å². The van der Waals surface area contributed by atoms with Crippen molar-refractivity contribution in [3.8, 4) is 0 Å². The van der Waals surface area contributed by atoms with E-state index in [1.165, 1.54) is 11.3 Å². The maximum atomic E-state index is 13.1. The summed E-state index contributed by atoms with van der Waals surface area (Å²) in [5.41, 5.74) is -0.823. The summed E-state index contributed by atoms with van der Waals surface area (Å²) in [7, 11) is 0. The fraction of sp³-hybridized carbons (Fsp3) is 0.154. The van der Waals surface area contributed by atoms with Crippen molar-refractivity contribution in [3.63, 3.8) is 0 Å². The molecule has 106 valence electrons. The summed E-state index contributed by atoms with van der Waals surface area (Å²) in [5.74, 6) is -2.08. The molecule has 0 aliphatic heterocycles. The molecule has 0 saturated heterocycles. The minimum Gasteiger partial charge on any atom is -0.348 e. The first-order valence-corrected chi connectivity index (χ1v) is 6.48. The lowest BCUT2D eigenvalue weighted by Crippen LogP contribution is -2.23. The Kier molecular flexibility index (Phi) is 4.08. The fourth-order valence-corrected chi connectivity index (χ4v) is 2.23. The number of nitrogens with one attached hydrogen (secondary N) is 1. The van der Waals surface area contributed by atoms with E-state index in [9.17, 15) is 22.4 Å². The minimum absolute atomic E-state index is 0.209. The number of carbonyl (C=O) groups excluding carboxylic acids is 1. The Morgan fingerprint density at radius 2 is 2.00 bits per heavy atom. The quantitative estimate of drug-likeness (QED) is 0.858. The average molecular weight is 303 g/mol. The van der Waals surface area contributed by atoms with Gasteiger partial charge < -0.3 is 5.32 Å². The summed E-state index contributed by atoms with van der Waals surface area (Å²) < 4.78 is 50.7. The molecule has 7 heteroatoms. The first-order valence-electron chi connectivity index (χ1n) is 5.54. The predicted molar refractivity (Wildman–Crippen MR) is 66.9 cm³/mol. The Morgan fingerprint density at radius 1 is 1.25 bits per heavy atom. The van der Waals surface area contributed by atoms with Gasteiger partial charge >= 0.3 is 6.18 Å². The summed E-state index contributed by atoms with van der Waals surface area (Å²) in [5, 5.41) is 6.11. The van der Waals surface area contributed by atoms with Crippen LogP contribution in [-0.4, -0.2) is 5.91 Å². The van der Waals surface area contributed by atoms with Crippen LogP contribution in [-0.2, 0) is 12.7 Å². The van der Waals surface area contributed by atoms with E-state index in [0.29, 0.717) is 12.1 Å². The molecule has 0 bridgehead atoms. The number of hydrogen-bond acceptors (Lipinski definition) is 2. The normalized spacial score (nSPS) is 11.4. The van der Waals surface area contributed by atoms with Gasteiger partial charge in [-0.1, -0.05) is 0 Å². The summed E-state index contributed by atoms with van der Waals surface area (Å²) in [6.45, 7) is 0.209. The minimum atomic E-state index is -4.83. The third-order valence-corrected chi connectivity index (χ3v) is 3.30. The van der Waals surface area contributed by atoms with Crippen LogP contribution >= 0.6 is 11.3 Å². The van der Waals surface area contributed by atoms with Crippen LogP contribution in [0.5, 0.6) is 0 Å². The van der Waals surface area contributed by atoms with Crippen molar-refractivity contribution < 1.29 is 22.4 Å². The number of halogens is 4. The van der Waals surface area contributed by atoms with Gasteiger partial charge in [0, 0.05) is 12.1 Å². The number of amides is 1. The Morgan fingerprint density at radius 3 is 2.60 bits per heavy atom. The number of rotatable bonds is 3. The topological polar surface area (TPSA) is 29.1 Å². The van der Waals surface area contributed by atoms with Gasteiger partial charge in [0.05, 0.1) is 5.56 Å². The largest absolute Gasteiger partial charge is 0.419 e. The molecule has 1 heterocycles. The second-order valence-corrected chi connectivity index (χ2v) is 4.79. The summed E-state index contributed by atoms with van der Waals surface area (Å²) in [4.78, 5) is 11.7. The molecule has 0 saturated carbocycles. The fourth-order valence-electron chi connectivity index (χ4n) is 1.56. The molecule has 1 N–H and O–H groups in total. The predicted octanol–water partition coefficient (Wildman–Crippen LogP) is 3.84. The molecular formula is C13H9F4NOS. The lowest BCUT2D eigenvalue weighted by molar-refractivity contribution is -0.140. The second kappa shape index (κ2) is 5.62. The van der Waals surface area contributed by atoms with Gasteiger partial charge in [0.15, 0.2) is 0 Å². The second-order valence-electron chi connectivity index (χ2n) is 4.01. The number of hydrogen-bond donors (Lipinski definition) is 1. The Labute approximate surface area is 116 Å². The zero-order valence-electron chi connectivity index (χ0n) is 10.00. The summed E-state index contributed by atoms with van der Waals surface area (Å²) >= 11 is 1.45. The van der Waals surface area contributed by atoms with E-state index < -0.39 is 23.5 Å². The number of carbonyl (C=O) groups is 1. The van der Waals surface area contributed by atoms with Crippen molar-refractivity contribution >= 4 is 17.2 Å². The van der Waals surface area contributed by atoms with Crippen LogP contribution in [0.2, 0.25) is 0 Å². The lowest BCUT2D eigenvalue weighted by atomic mass is 10.1. The standard InChI is InChI=1S/C13H9F4NOS/c14-11-2-1-9(5-10(11)13(15,16)17)12(19)18-6-8-3-4-20-7-8/h1-5,7H,6H2,(H,18,19). The van der Waals surface area contributed by atoms with Crippen LogP contribution in [0.3, 0.4) is 0 Å². The molecule has 0 aliphatic carbocycles. The molecule has 2 aromatic rings. The average Bonchev–Trinajstić information content (AvgIpc) is 2.88. The molecule has 0 spiro atoms. The molecule has 2 rings (SSSR count). The Balaban J connectivity index is 2.14. The van der Waals surface area contributed by atoms with E-state index >= 15 is 0 Å². The zero-order valence-corrected chi connectivity index (χ0v) is 10.8. The molecule has 0 fully saturated rings. The van der Waals surface area contributed by atoms with E-state index in [4.69, 9.17) is 0 Å². The highest BCUT2D eigenvalue weighted by Crippen LogP contribution is 2.31. The highest BCUT2D eigenvalue weighted by molar-refractivity contribution is 7.07. The monoisotopic (exact) mass is 303 g/mol. The van der Waals surface area contributed by atoms with Gasteiger partial charge in [-0.25, -0.2) is 4.39 Å². The third kappa shape index (κ3) is 3.36. The van der Waals surface area contributed by atoms with Crippen LogP contribution in [0.25, 0.3) is 0 Å². The SMILES string of the molecule is O=C(NCc1ccsc1)c1ccc(F)c(C(F)(F)F)c1. The molecule has 1 amide bonds. The van der Waals surface area contributed by atoms with Gasteiger partial charge in [0.1, 0.15) is 5.82 Å². The van der Waals surface area contributed by atoms with Gasteiger partial charge in [-0.3, -0.25) is 4.79 Å². The van der Waals surface area contributed by atoms with Crippen LogP contribution in [0.1, 0.15) is 21.5 Å². The molecule has 0 atom stereocenters.